The van der Waals surface area contributed by atoms with Gasteiger partial charge in [-0.1, -0.05) is 37.5 Å². The van der Waals surface area contributed by atoms with E-state index in [4.69, 9.17) is 4.98 Å². The third-order valence-electron chi connectivity index (χ3n) is 5.62. The Balaban J connectivity index is 1.44. The number of amides is 2. The second-order valence-electron chi connectivity index (χ2n) is 7.69. The summed E-state index contributed by atoms with van der Waals surface area (Å²) in [7, 11) is 0. The Morgan fingerprint density at radius 2 is 1.67 bits per heavy atom. The van der Waals surface area contributed by atoms with E-state index in [2.05, 4.69) is 15.6 Å². The number of carbonyl (C=O) groups is 2. The standard InChI is InChI=1S/C24H26N4O2/c29-23(18-6-2-1-3-7-18)26-14-15-27-24(30)20-16-22(17-10-12-25-13-11-17)28-21-9-5-4-8-19(20)21/h4-5,8-13,16,18H,1-3,6-7,14-15H2,(H,26,29)(H,27,30). The quantitative estimate of drug-likeness (QED) is 0.616. The highest BCUT2D eigenvalue weighted by molar-refractivity contribution is 6.07. The Kier molecular flexibility index (Phi) is 6.32. The number of fused-ring (bicyclic) bond motifs is 1. The van der Waals surface area contributed by atoms with Crippen LogP contribution >= 0.6 is 0 Å². The maximum Gasteiger partial charge on any atom is 0.252 e. The largest absolute Gasteiger partial charge is 0.354 e. The van der Waals surface area contributed by atoms with Gasteiger partial charge in [0.15, 0.2) is 0 Å². The Bertz CT molecular complexity index is 1030. The zero-order valence-electron chi connectivity index (χ0n) is 16.9. The summed E-state index contributed by atoms with van der Waals surface area (Å²) in [5, 5.41) is 6.70. The predicted molar refractivity (Wildman–Crippen MR) is 117 cm³/mol. The number of carbonyl (C=O) groups excluding carboxylic acids is 2. The second-order valence-corrected chi connectivity index (χ2v) is 7.69. The smallest absolute Gasteiger partial charge is 0.252 e. The first-order chi connectivity index (χ1) is 14.7. The molecule has 2 aromatic heterocycles. The van der Waals surface area contributed by atoms with Crippen molar-refractivity contribution in [1.29, 1.82) is 0 Å². The third-order valence-corrected chi connectivity index (χ3v) is 5.62. The van der Waals surface area contributed by atoms with Gasteiger partial charge in [-0.2, -0.15) is 0 Å². The van der Waals surface area contributed by atoms with Crippen LogP contribution in [0.4, 0.5) is 0 Å². The molecule has 0 unspecified atom stereocenters. The predicted octanol–water partition coefficient (Wildman–Crippen LogP) is 3.72. The van der Waals surface area contributed by atoms with Crippen LogP contribution in [0.1, 0.15) is 42.5 Å². The van der Waals surface area contributed by atoms with Crippen molar-refractivity contribution in [2.45, 2.75) is 32.1 Å². The van der Waals surface area contributed by atoms with E-state index in [1.54, 1.807) is 12.4 Å². The summed E-state index contributed by atoms with van der Waals surface area (Å²) < 4.78 is 0. The SMILES string of the molecule is O=C(NCCNC(=O)C1CCCCC1)c1cc(-c2ccncc2)nc2ccccc12. The van der Waals surface area contributed by atoms with E-state index in [-0.39, 0.29) is 17.7 Å². The highest BCUT2D eigenvalue weighted by Crippen LogP contribution is 2.25. The Labute approximate surface area is 176 Å². The Morgan fingerprint density at radius 1 is 0.933 bits per heavy atom. The fraction of sp³-hybridized carbons (Fsp3) is 0.333. The lowest BCUT2D eigenvalue weighted by Gasteiger charge is -2.20. The molecule has 0 radical (unpaired) electrons. The number of benzene rings is 1. The number of aromatic nitrogens is 2. The summed E-state index contributed by atoms with van der Waals surface area (Å²) in [6.45, 7) is 0.819. The number of nitrogens with one attached hydrogen (secondary N) is 2. The average molecular weight is 402 g/mol. The fourth-order valence-corrected chi connectivity index (χ4v) is 4.00. The van der Waals surface area contributed by atoms with Crippen LogP contribution in [-0.2, 0) is 4.79 Å². The maximum absolute atomic E-state index is 12.9. The average Bonchev–Trinajstić information content (AvgIpc) is 2.82. The molecule has 2 amide bonds. The molecule has 30 heavy (non-hydrogen) atoms. The van der Waals surface area contributed by atoms with Gasteiger partial charge in [0.1, 0.15) is 0 Å². The van der Waals surface area contributed by atoms with Crippen LogP contribution < -0.4 is 10.6 Å². The van der Waals surface area contributed by atoms with Gasteiger partial charge < -0.3 is 10.6 Å². The minimum atomic E-state index is -0.171. The molecule has 0 atom stereocenters. The Morgan fingerprint density at radius 3 is 2.47 bits per heavy atom. The van der Waals surface area contributed by atoms with Crippen molar-refractivity contribution in [2.24, 2.45) is 5.92 Å². The summed E-state index contributed by atoms with van der Waals surface area (Å²) >= 11 is 0. The second kappa shape index (κ2) is 9.48. The van der Waals surface area contributed by atoms with Crippen LogP contribution in [0.25, 0.3) is 22.2 Å². The van der Waals surface area contributed by atoms with Crippen LogP contribution in [-0.4, -0.2) is 34.9 Å². The van der Waals surface area contributed by atoms with E-state index >= 15 is 0 Å². The summed E-state index contributed by atoms with van der Waals surface area (Å²) in [5.41, 5.74) is 2.98. The molecule has 1 aromatic carbocycles. The topological polar surface area (TPSA) is 84.0 Å². The van der Waals surface area contributed by atoms with Crippen LogP contribution in [0.15, 0.2) is 54.9 Å². The van der Waals surface area contributed by atoms with Crippen molar-refractivity contribution in [1.82, 2.24) is 20.6 Å². The van der Waals surface area contributed by atoms with Gasteiger partial charge in [0.05, 0.1) is 16.8 Å². The van der Waals surface area contributed by atoms with Crippen molar-refractivity contribution in [3.63, 3.8) is 0 Å². The van der Waals surface area contributed by atoms with Gasteiger partial charge in [0.2, 0.25) is 5.91 Å². The van der Waals surface area contributed by atoms with Gasteiger partial charge in [-0.25, -0.2) is 4.98 Å². The van der Waals surface area contributed by atoms with Gasteiger partial charge in [-0.3, -0.25) is 14.6 Å². The molecule has 6 nitrogen and oxygen atoms in total. The monoisotopic (exact) mass is 402 g/mol. The molecule has 154 valence electrons. The minimum absolute atomic E-state index is 0.110. The van der Waals surface area contributed by atoms with Crippen LogP contribution in [0.5, 0.6) is 0 Å². The highest BCUT2D eigenvalue weighted by Gasteiger charge is 2.20. The summed E-state index contributed by atoms with van der Waals surface area (Å²) in [6, 6.07) is 13.2. The molecule has 0 aliphatic heterocycles. The molecule has 2 N–H and O–H groups in total. The molecule has 0 spiro atoms. The van der Waals surface area contributed by atoms with Gasteiger partial charge in [-0.15, -0.1) is 0 Å². The first-order valence-corrected chi connectivity index (χ1v) is 10.6. The Hall–Kier alpha value is -3.28. The van der Waals surface area contributed by atoms with E-state index in [0.717, 1.165) is 47.8 Å². The molecule has 1 saturated carbocycles. The normalized spacial score (nSPS) is 14.4. The molecule has 6 heteroatoms. The van der Waals surface area contributed by atoms with E-state index in [1.807, 2.05) is 42.5 Å². The van der Waals surface area contributed by atoms with Crippen LogP contribution in [0.3, 0.4) is 0 Å². The first kappa shape index (κ1) is 20.0. The van der Waals surface area contributed by atoms with Crippen LogP contribution in [0, 0.1) is 5.92 Å². The van der Waals surface area contributed by atoms with Crippen molar-refractivity contribution in [3.05, 3.63) is 60.4 Å². The fourth-order valence-electron chi connectivity index (χ4n) is 4.00. The van der Waals surface area contributed by atoms with Crippen molar-refractivity contribution in [3.8, 4) is 11.3 Å². The van der Waals surface area contributed by atoms with Crippen molar-refractivity contribution < 1.29 is 9.59 Å². The molecule has 0 saturated heterocycles. The lowest BCUT2D eigenvalue weighted by molar-refractivity contribution is -0.125. The number of nitrogens with zero attached hydrogens (tertiary/aromatic N) is 2. The molecular formula is C24H26N4O2. The zero-order valence-corrected chi connectivity index (χ0v) is 16.9. The highest BCUT2D eigenvalue weighted by atomic mass is 16.2. The molecule has 4 rings (SSSR count). The maximum atomic E-state index is 12.9. The zero-order chi connectivity index (χ0) is 20.8. The lowest BCUT2D eigenvalue weighted by atomic mass is 9.89. The number of rotatable bonds is 6. The van der Waals surface area contributed by atoms with E-state index < -0.39 is 0 Å². The van der Waals surface area contributed by atoms with Crippen LogP contribution in [0.2, 0.25) is 0 Å². The molecule has 0 bridgehead atoms. The molecule has 1 aliphatic rings. The third kappa shape index (κ3) is 4.64. The molecular weight excluding hydrogens is 376 g/mol. The van der Waals surface area contributed by atoms with Gasteiger partial charge in [0.25, 0.3) is 5.91 Å². The molecule has 1 fully saturated rings. The number of hydrogen-bond donors (Lipinski definition) is 2. The van der Waals surface area contributed by atoms with Crippen molar-refractivity contribution >= 4 is 22.7 Å². The molecule has 3 aromatic rings. The number of pyridine rings is 2. The number of hydrogen-bond acceptors (Lipinski definition) is 4. The molecule has 2 heterocycles. The lowest BCUT2D eigenvalue weighted by Crippen LogP contribution is -2.38. The minimum Gasteiger partial charge on any atom is -0.354 e. The van der Waals surface area contributed by atoms with E-state index in [0.29, 0.717) is 18.7 Å². The number of para-hydroxylation sites is 1. The summed E-state index contributed by atoms with van der Waals surface area (Å²) in [6.07, 6.45) is 8.84. The molecule has 1 aliphatic carbocycles. The first-order valence-electron chi connectivity index (χ1n) is 10.6. The van der Waals surface area contributed by atoms with Gasteiger partial charge in [0, 0.05) is 42.4 Å². The van der Waals surface area contributed by atoms with E-state index in [1.165, 1.54) is 6.42 Å². The van der Waals surface area contributed by atoms with Gasteiger partial charge >= 0.3 is 0 Å². The summed E-state index contributed by atoms with van der Waals surface area (Å²) in [5.74, 6) is 0.0654. The van der Waals surface area contributed by atoms with Gasteiger partial charge in [-0.05, 0) is 37.1 Å². The van der Waals surface area contributed by atoms with Crippen molar-refractivity contribution in [2.75, 3.05) is 13.1 Å². The van der Waals surface area contributed by atoms with E-state index in [9.17, 15) is 9.59 Å². The summed E-state index contributed by atoms with van der Waals surface area (Å²) in [4.78, 5) is 33.9.